The first-order chi connectivity index (χ1) is 8.65. The number of carbonyl (C=O) groups excluding carboxylic acids is 1. The maximum Gasteiger partial charge on any atom is 0.262 e. The molecule has 3 N–H and O–H groups in total. The highest BCUT2D eigenvalue weighted by Gasteiger charge is 2.20. The van der Waals surface area contributed by atoms with Crippen LogP contribution in [-0.4, -0.2) is 22.3 Å². The Morgan fingerprint density at radius 3 is 3.06 bits per heavy atom. The van der Waals surface area contributed by atoms with Crippen LogP contribution in [0.5, 0.6) is 5.75 Å². The first-order valence-electron chi connectivity index (χ1n) is 5.50. The van der Waals surface area contributed by atoms with Crippen molar-refractivity contribution in [2.24, 2.45) is 7.05 Å². The predicted molar refractivity (Wildman–Crippen MR) is 67.2 cm³/mol. The van der Waals surface area contributed by atoms with E-state index in [2.05, 4.69) is 10.4 Å². The van der Waals surface area contributed by atoms with Gasteiger partial charge in [-0.15, -0.1) is 0 Å². The van der Waals surface area contributed by atoms with E-state index in [0.29, 0.717) is 17.3 Å². The van der Waals surface area contributed by atoms with Crippen LogP contribution in [0, 0.1) is 0 Å². The molecule has 0 unspecified atom stereocenters. The van der Waals surface area contributed by atoms with Crippen molar-refractivity contribution in [3.8, 4) is 17.0 Å². The molecule has 3 rings (SSSR count). The van der Waals surface area contributed by atoms with Crippen LogP contribution in [0.3, 0.4) is 0 Å². The number of rotatable bonds is 1. The number of anilines is 2. The second-order valence-corrected chi connectivity index (χ2v) is 4.10. The van der Waals surface area contributed by atoms with Crippen molar-refractivity contribution < 1.29 is 9.53 Å². The molecular weight excluding hydrogens is 232 g/mol. The Hall–Kier alpha value is -2.50. The van der Waals surface area contributed by atoms with Crippen molar-refractivity contribution in [3.05, 3.63) is 24.3 Å². The fourth-order valence-corrected chi connectivity index (χ4v) is 1.93. The van der Waals surface area contributed by atoms with E-state index in [1.165, 1.54) is 0 Å². The van der Waals surface area contributed by atoms with Crippen molar-refractivity contribution in [1.29, 1.82) is 0 Å². The molecule has 1 aromatic carbocycles. The first-order valence-corrected chi connectivity index (χ1v) is 5.50. The molecule has 0 spiro atoms. The molecule has 0 bridgehead atoms. The smallest absolute Gasteiger partial charge is 0.262 e. The van der Waals surface area contributed by atoms with Crippen LogP contribution < -0.4 is 15.8 Å². The van der Waals surface area contributed by atoms with Gasteiger partial charge in [0.2, 0.25) is 0 Å². The third-order valence-electron chi connectivity index (χ3n) is 2.83. The molecule has 0 atom stereocenters. The third kappa shape index (κ3) is 1.58. The lowest BCUT2D eigenvalue weighted by Gasteiger charge is -2.19. The Labute approximate surface area is 103 Å². The Morgan fingerprint density at radius 1 is 1.50 bits per heavy atom. The number of fused-ring (bicyclic) bond motifs is 1. The number of hydrogen-bond acceptors (Lipinski definition) is 4. The Kier molecular flexibility index (Phi) is 2.22. The lowest BCUT2D eigenvalue weighted by Crippen LogP contribution is -2.25. The van der Waals surface area contributed by atoms with Gasteiger partial charge in [-0.25, -0.2) is 0 Å². The minimum atomic E-state index is -0.153. The quantitative estimate of drug-likeness (QED) is 0.784. The summed E-state index contributed by atoms with van der Waals surface area (Å²) in [6, 6.07) is 7.30. The zero-order valence-corrected chi connectivity index (χ0v) is 9.80. The monoisotopic (exact) mass is 244 g/mol. The molecule has 6 nitrogen and oxygen atoms in total. The minimum Gasteiger partial charge on any atom is -0.481 e. The molecule has 0 saturated heterocycles. The maximum atomic E-state index is 11.3. The number of nitrogens with zero attached hydrogens (tertiary/aromatic N) is 2. The van der Waals surface area contributed by atoms with Crippen molar-refractivity contribution in [1.82, 2.24) is 9.78 Å². The van der Waals surface area contributed by atoms with Crippen molar-refractivity contribution in [3.63, 3.8) is 0 Å². The molecule has 2 heterocycles. The number of aryl methyl sites for hydroxylation is 1. The second kappa shape index (κ2) is 3.76. The van der Waals surface area contributed by atoms with E-state index in [9.17, 15) is 4.79 Å². The highest BCUT2D eigenvalue weighted by molar-refractivity contribution is 5.97. The van der Waals surface area contributed by atoms with Gasteiger partial charge in [0, 0.05) is 18.7 Å². The highest BCUT2D eigenvalue weighted by atomic mass is 16.5. The fraction of sp³-hybridized carbons (Fsp3) is 0.167. The fourth-order valence-electron chi connectivity index (χ4n) is 1.93. The van der Waals surface area contributed by atoms with Gasteiger partial charge in [-0.3, -0.25) is 9.48 Å². The molecule has 92 valence electrons. The van der Waals surface area contributed by atoms with Gasteiger partial charge in [-0.1, -0.05) is 6.07 Å². The molecule has 1 aliphatic heterocycles. The van der Waals surface area contributed by atoms with Crippen molar-refractivity contribution in [2.45, 2.75) is 0 Å². The summed E-state index contributed by atoms with van der Waals surface area (Å²) in [6.45, 7) is 0.0202. The lowest BCUT2D eigenvalue weighted by molar-refractivity contribution is -0.118. The van der Waals surface area contributed by atoms with Gasteiger partial charge in [0.15, 0.2) is 12.4 Å². The number of nitrogens with two attached hydrogens (primary N) is 1. The highest BCUT2D eigenvalue weighted by Crippen LogP contribution is 2.37. The molecule has 2 aromatic rings. The average Bonchev–Trinajstić information content (AvgIpc) is 2.68. The zero-order chi connectivity index (χ0) is 12.7. The number of carbonyl (C=O) groups is 1. The topological polar surface area (TPSA) is 82.2 Å². The molecule has 1 aromatic heterocycles. The van der Waals surface area contributed by atoms with Crippen LogP contribution >= 0.6 is 0 Å². The van der Waals surface area contributed by atoms with Gasteiger partial charge < -0.3 is 15.8 Å². The Bertz CT molecular complexity index is 614. The molecule has 0 saturated carbocycles. The van der Waals surface area contributed by atoms with E-state index >= 15 is 0 Å². The molecule has 1 aliphatic rings. The normalized spacial score (nSPS) is 13.7. The van der Waals surface area contributed by atoms with E-state index in [1.807, 2.05) is 12.1 Å². The molecule has 0 aliphatic carbocycles. The van der Waals surface area contributed by atoms with Crippen LogP contribution in [0.25, 0.3) is 11.3 Å². The maximum absolute atomic E-state index is 11.3. The number of hydrogen-bond donors (Lipinski definition) is 2. The van der Waals surface area contributed by atoms with Crippen LogP contribution in [0.4, 0.5) is 11.5 Å². The Morgan fingerprint density at radius 2 is 2.33 bits per heavy atom. The summed E-state index contributed by atoms with van der Waals surface area (Å²) in [4.78, 5) is 11.3. The van der Waals surface area contributed by atoms with E-state index in [1.54, 1.807) is 23.9 Å². The molecular formula is C12H12N4O2. The summed E-state index contributed by atoms with van der Waals surface area (Å²) in [5.74, 6) is 1.05. The van der Waals surface area contributed by atoms with Gasteiger partial charge in [-0.2, -0.15) is 5.10 Å². The van der Waals surface area contributed by atoms with Crippen molar-refractivity contribution in [2.75, 3.05) is 17.7 Å². The zero-order valence-electron chi connectivity index (χ0n) is 9.80. The summed E-state index contributed by atoms with van der Waals surface area (Å²) in [7, 11) is 1.77. The summed E-state index contributed by atoms with van der Waals surface area (Å²) in [6.07, 6.45) is 0. The first kappa shape index (κ1) is 10.6. The largest absolute Gasteiger partial charge is 0.481 e. The van der Waals surface area contributed by atoms with Gasteiger partial charge in [0.05, 0.1) is 11.4 Å². The minimum absolute atomic E-state index is 0.0202. The molecule has 1 amide bonds. The van der Waals surface area contributed by atoms with E-state index < -0.39 is 0 Å². The van der Waals surface area contributed by atoms with Crippen LogP contribution in [0.1, 0.15) is 0 Å². The molecule has 0 radical (unpaired) electrons. The van der Waals surface area contributed by atoms with Gasteiger partial charge in [0.25, 0.3) is 5.91 Å². The van der Waals surface area contributed by atoms with Crippen LogP contribution in [-0.2, 0) is 11.8 Å². The van der Waals surface area contributed by atoms with E-state index in [-0.39, 0.29) is 12.5 Å². The molecule has 0 fully saturated rings. The second-order valence-electron chi connectivity index (χ2n) is 4.10. The number of para-hydroxylation sites is 1. The summed E-state index contributed by atoms with van der Waals surface area (Å²) < 4.78 is 7.06. The van der Waals surface area contributed by atoms with E-state index in [0.717, 1.165) is 11.3 Å². The molecule has 6 heteroatoms. The number of benzene rings is 1. The van der Waals surface area contributed by atoms with Gasteiger partial charge in [-0.05, 0) is 12.1 Å². The van der Waals surface area contributed by atoms with Crippen LogP contribution in [0.15, 0.2) is 24.3 Å². The summed E-state index contributed by atoms with van der Waals surface area (Å²) >= 11 is 0. The Balaban J connectivity index is 2.13. The molecule has 18 heavy (non-hydrogen) atoms. The van der Waals surface area contributed by atoms with Crippen molar-refractivity contribution >= 4 is 17.4 Å². The number of amides is 1. The SMILES string of the molecule is Cn1nc(-c2cccc3c2OCC(=O)N3)cc1N. The predicted octanol–water partition coefficient (Wildman–Crippen LogP) is 1.00. The average molecular weight is 244 g/mol. The number of aromatic nitrogens is 2. The summed E-state index contributed by atoms with van der Waals surface area (Å²) in [5.41, 5.74) is 7.97. The van der Waals surface area contributed by atoms with E-state index in [4.69, 9.17) is 10.5 Å². The standard InChI is InChI=1S/C12H12N4O2/c1-16-10(13)5-9(15-16)7-3-2-4-8-12(7)18-6-11(17)14-8/h2-5H,6,13H2,1H3,(H,14,17). The third-order valence-corrected chi connectivity index (χ3v) is 2.83. The number of nitrogens with one attached hydrogen (secondary N) is 1. The van der Waals surface area contributed by atoms with Gasteiger partial charge >= 0.3 is 0 Å². The van der Waals surface area contributed by atoms with Crippen LogP contribution in [0.2, 0.25) is 0 Å². The van der Waals surface area contributed by atoms with Gasteiger partial charge in [0.1, 0.15) is 5.82 Å². The lowest BCUT2D eigenvalue weighted by atomic mass is 10.1. The number of ether oxygens (including phenoxy) is 1. The number of nitrogen functional groups attached to an aromatic ring is 1. The summed E-state index contributed by atoms with van der Waals surface area (Å²) in [5, 5.41) is 7.07.